The highest BCUT2D eigenvalue weighted by molar-refractivity contribution is 5.81. The second kappa shape index (κ2) is 5.18. The average Bonchev–Trinajstić information content (AvgIpc) is 2.38. The molecule has 2 heterocycles. The molecule has 0 spiro atoms. The van der Waals surface area contributed by atoms with Crippen molar-refractivity contribution in [3.63, 3.8) is 0 Å². The molecule has 0 saturated carbocycles. The van der Waals surface area contributed by atoms with E-state index in [2.05, 4.69) is 21.8 Å². The van der Waals surface area contributed by atoms with Crippen LogP contribution in [0.1, 0.15) is 17.3 Å². The van der Waals surface area contributed by atoms with Crippen LogP contribution < -0.4 is 16.2 Å². The minimum Gasteiger partial charge on any atom is -0.383 e. The Hall–Kier alpha value is -1.89. The van der Waals surface area contributed by atoms with Gasteiger partial charge in [-0.2, -0.15) is 4.98 Å². The molecule has 98 valence electrons. The van der Waals surface area contributed by atoms with Gasteiger partial charge in [0.2, 0.25) is 5.95 Å². The van der Waals surface area contributed by atoms with E-state index in [-0.39, 0.29) is 11.4 Å². The lowest BCUT2D eigenvalue weighted by molar-refractivity contribution is 0.112. The number of nitrogen functional groups attached to an aromatic ring is 1. The van der Waals surface area contributed by atoms with Crippen LogP contribution in [-0.2, 0) is 0 Å². The molecule has 0 atom stereocenters. The summed E-state index contributed by atoms with van der Waals surface area (Å²) in [7, 11) is 0. The van der Waals surface area contributed by atoms with E-state index in [0.29, 0.717) is 12.2 Å². The lowest BCUT2D eigenvalue weighted by atomic mass is 10.3. The van der Waals surface area contributed by atoms with Crippen LogP contribution in [0.2, 0.25) is 0 Å². The van der Waals surface area contributed by atoms with E-state index in [1.165, 1.54) is 0 Å². The molecule has 0 amide bonds. The van der Waals surface area contributed by atoms with Gasteiger partial charge in [0.15, 0.2) is 6.29 Å². The maximum Gasteiger partial charge on any atom is 0.265 e. The van der Waals surface area contributed by atoms with Crippen LogP contribution >= 0.6 is 0 Å². The molecule has 7 heteroatoms. The number of aromatic amines is 1. The molecule has 2 rings (SSSR count). The smallest absolute Gasteiger partial charge is 0.265 e. The number of nitrogens with two attached hydrogens (primary N) is 1. The van der Waals surface area contributed by atoms with Crippen LogP contribution in [0.5, 0.6) is 0 Å². The van der Waals surface area contributed by atoms with Crippen LogP contribution in [0.3, 0.4) is 0 Å². The first-order chi connectivity index (χ1) is 8.65. The Morgan fingerprint density at radius 1 is 1.39 bits per heavy atom. The standard InChI is InChI=1S/C11H17N5O2/c1-2-15-3-5-16(6-4-15)11-13-9(12)8(7-17)10(18)14-11/h7H,2-6H2,1H3,(H3,12,13,14,18). The fourth-order valence-electron chi connectivity index (χ4n) is 2.03. The highest BCUT2D eigenvalue weighted by atomic mass is 16.1. The number of hydrogen-bond donors (Lipinski definition) is 2. The summed E-state index contributed by atoms with van der Waals surface area (Å²) in [5.74, 6) is 0.431. The topological polar surface area (TPSA) is 95.3 Å². The number of piperazine rings is 1. The van der Waals surface area contributed by atoms with Crippen molar-refractivity contribution in [1.29, 1.82) is 0 Å². The molecule has 0 bridgehead atoms. The summed E-state index contributed by atoms with van der Waals surface area (Å²) in [5, 5.41) is 0. The zero-order chi connectivity index (χ0) is 13.1. The number of anilines is 2. The van der Waals surface area contributed by atoms with Crippen molar-refractivity contribution in [2.24, 2.45) is 0 Å². The first kappa shape index (κ1) is 12.6. The van der Waals surface area contributed by atoms with Gasteiger partial charge in [0, 0.05) is 26.2 Å². The Bertz CT molecular complexity index is 491. The largest absolute Gasteiger partial charge is 0.383 e. The summed E-state index contributed by atoms with van der Waals surface area (Å²) in [5.41, 5.74) is 5.01. The molecule has 1 aliphatic heterocycles. The summed E-state index contributed by atoms with van der Waals surface area (Å²) in [4.78, 5) is 33.2. The maximum absolute atomic E-state index is 11.6. The zero-order valence-corrected chi connectivity index (χ0v) is 10.3. The van der Waals surface area contributed by atoms with Gasteiger partial charge in [0.1, 0.15) is 11.4 Å². The van der Waals surface area contributed by atoms with Crippen molar-refractivity contribution >= 4 is 18.1 Å². The third kappa shape index (κ3) is 2.35. The first-order valence-electron chi connectivity index (χ1n) is 5.98. The van der Waals surface area contributed by atoms with Gasteiger partial charge in [-0.1, -0.05) is 6.92 Å². The number of rotatable bonds is 3. The SMILES string of the molecule is CCN1CCN(c2nc(N)c(C=O)c(=O)[nH]2)CC1. The molecule has 0 aromatic carbocycles. The normalized spacial score (nSPS) is 16.8. The molecular formula is C11H17N5O2. The van der Waals surface area contributed by atoms with Gasteiger partial charge in [-0.05, 0) is 6.54 Å². The number of aldehydes is 1. The van der Waals surface area contributed by atoms with E-state index in [0.717, 1.165) is 32.7 Å². The minimum absolute atomic E-state index is 0.0123. The molecule has 0 aliphatic carbocycles. The zero-order valence-electron chi connectivity index (χ0n) is 10.3. The van der Waals surface area contributed by atoms with Gasteiger partial charge in [0.05, 0.1) is 0 Å². The number of likely N-dealkylation sites (N-methyl/N-ethyl adjacent to an activating group) is 1. The molecule has 7 nitrogen and oxygen atoms in total. The molecular weight excluding hydrogens is 234 g/mol. The molecule has 1 aliphatic rings. The van der Waals surface area contributed by atoms with E-state index >= 15 is 0 Å². The quantitative estimate of drug-likeness (QED) is 0.690. The average molecular weight is 251 g/mol. The molecule has 1 fully saturated rings. The maximum atomic E-state index is 11.6. The first-order valence-corrected chi connectivity index (χ1v) is 5.98. The molecule has 18 heavy (non-hydrogen) atoms. The van der Waals surface area contributed by atoms with Gasteiger partial charge in [-0.25, -0.2) is 0 Å². The molecule has 1 aromatic heterocycles. The Kier molecular flexibility index (Phi) is 3.61. The number of aromatic nitrogens is 2. The van der Waals surface area contributed by atoms with Gasteiger partial charge >= 0.3 is 0 Å². The lowest BCUT2D eigenvalue weighted by Gasteiger charge is -2.34. The van der Waals surface area contributed by atoms with Crippen LogP contribution in [-0.4, -0.2) is 53.9 Å². The minimum atomic E-state index is -0.481. The fraction of sp³-hybridized carbons (Fsp3) is 0.545. The van der Waals surface area contributed by atoms with Gasteiger partial charge in [-0.15, -0.1) is 0 Å². The summed E-state index contributed by atoms with van der Waals surface area (Å²) >= 11 is 0. The van der Waals surface area contributed by atoms with Crippen molar-refractivity contribution in [1.82, 2.24) is 14.9 Å². The van der Waals surface area contributed by atoms with Crippen molar-refractivity contribution < 1.29 is 4.79 Å². The number of carbonyl (C=O) groups is 1. The van der Waals surface area contributed by atoms with Crippen molar-refractivity contribution in [2.75, 3.05) is 43.4 Å². The van der Waals surface area contributed by atoms with Crippen molar-refractivity contribution in [3.05, 3.63) is 15.9 Å². The molecule has 0 radical (unpaired) electrons. The Morgan fingerprint density at radius 2 is 2.06 bits per heavy atom. The summed E-state index contributed by atoms with van der Waals surface area (Å²) in [6.45, 7) is 6.56. The second-order valence-electron chi connectivity index (χ2n) is 4.23. The van der Waals surface area contributed by atoms with E-state index < -0.39 is 5.56 Å². The highest BCUT2D eigenvalue weighted by Crippen LogP contribution is 2.11. The van der Waals surface area contributed by atoms with Crippen molar-refractivity contribution in [2.45, 2.75) is 6.92 Å². The van der Waals surface area contributed by atoms with Gasteiger partial charge in [-0.3, -0.25) is 14.6 Å². The molecule has 3 N–H and O–H groups in total. The van der Waals surface area contributed by atoms with Crippen LogP contribution in [0.15, 0.2) is 4.79 Å². The Morgan fingerprint density at radius 3 is 2.56 bits per heavy atom. The van der Waals surface area contributed by atoms with E-state index in [1.54, 1.807) is 0 Å². The predicted octanol–water partition coefficient (Wildman–Crippen LogP) is -0.693. The fourth-order valence-corrected chi connectivity index (χ4v) is 2.03. The number of nitrogens with zero attached hydrogens (tertiary/aromatic N) is 3. The highest BCUT2D eigenvalue weighted by Gasteiger charge is 2.19. The van der Waals surface area contributed by atoms with Crippen molar-refractivity contribution in [3.8, 4) is 0 Å². The van der Waals surface area contributed by atoms with E-state index in [9.17, 15) is 9.59 Å². The van der Waals surface area contributed by atoms with E-state index in [1.807, 2.05) is 4.90 Å². The summed E-state index contributed by atoms with van der Waals surface area (Å²) in [6, 6.07) is 0. The number of carbonyl (C=O) groups excluding carboxylic acids is 1. The van der Waals surface area contributed by atoms with Crippen LogP contribution in [0.25, 0.3) is 0 Å². The molecule has 1 aromatic rings. The number of H-pyrrole nitrogens is 1. The Labute approximate surface area is 105 Å². The number of nitrogens with one attached hydrogen (secondary N) is 1. The third-order valence-electron chi connectivity index (χ3n) is 3.21. The second-order valence-corrected chi connectivity index (χ2v) is 4.23. The number of hydrogen-bond acceptors (Lipinski definition) is 6. The van der Waals surface area contributed by atoms with Crippen LogP contribution in [0.4, 0.5) is 11.8 Å². The molecule has 1 saturated heterocycles. The predicted molar refractivity (Wildman–Crippen MR) is 69.0 cm³/mol. The third-order valence-corrected chi connectivity index (χ3v) is 3.21. The monoisotopic (exact) mass is 251 g/mol. The van der Waals surface area contributed by atoms with Crippen LogP contribution in [0, 0.1) is 0 Å². The van der Waals surface area contributed by atoms with Gasteiger partial charge in [0.25, 0.3) is 5.56 Å². The van der Waals surface area contributed by atoms with Gasteiger partial charge < -0.3 is 15.5 Å². The lowest BCUT2D eigenvalue weighted by Crippen LogP contribution is -2.47. The molecule has 0 unspecified atom stereocenters. The van der Waals surface area contributed by atoms with E-state index in [4.69, 9.17) is 5.73 Å². The summed E-state index contributed by atoms with van der Waals surface area (Å²) < 4.78 is 0. The Balaban J connectivity index is 2.20. The summed E-state index contributed by atoms with van der Waals surface area (Å²) in [6.07, 6.45) is 0.431.